The van der Waals surface area contributed by atoms with Crippen LogP contribution in [0.25, 0.3) is 0 Å². The number of pyridine rings is 1. The Bertz CT molecular complexity index is 1580. The molecule has 12 heteroatoms. The van der Waals surface area contributed by atoms with Crippen LogP contribution in [-0.4, -0.2) is 55.9 Å². The highest BCUT2D eigenvalue weighted by Crippen LogP contribution is 2.23. The van der Waals surface area contributed by atoms with Crippen LogP contribution in [0.3, 0.4) is 0 Å². The Hall–Kier alpha value is -4.03. The zero-order valence-corrected chi connectivity index (χ0v) is 28.4. The SMILES string of the molecule is CCCN(c1cc(COCC(C)(Cc2ccccc2)OC(=O)NC(C)(C)C)cc(C(=O)NC(C)c2ccc(F)cc2)n1)S(C)(=O)=O. The monoisotopic (exact) mass is 656 g/mol. The second-order valence-electron chi connectivity index (χ2n) is 12.7. The topological polar surface area (TPSA) is 127 Å². The van der Waals surface area contributed by atoms with Gasteiger partial charge in [0.05, 0.1) is 25.5 Å². The number of carbonyl (C=O) groups is 2. The summed E-state index contributed by atoms with van der Waals surface area (Å²) in [5, 5.41) is 5.66. The standard InChI is InChI=1S/C34H45FN4O6S/c1-8-18-39(46(7,42)43)30-20-26(19-29(37-30)31(40)36-24(2)27-14-16-28(35)17-15-27)22-44-23-34(6,21-25-12-10-9-11-13-25)45-32(41)38-33(3,4)5/h9-17,19-20,24H,8,18,21-23H2,1-7H3,(H,36,40)(H,38,41). The summed E-state index contributed by atoms with van der Waals surface area (Å²) >= 11 is 0. The van der Waals surface area contributed by atoms with Crippen LogP contribution in [0.15, 0.2) is 66.7 Å². The summed E-state index contributed by atoms with van der Waals surface area (Å²) < 4.78 is 51.9. The van der Waals surface area contributed by atoms with Crippen LogP contribution >= 0.6 is 0 Å². The Labute approximate surface area is 271 Å². The van der Waals surface area contributed by atoms with Gasteiger partial charge in [-0.15, -0.1) is 0 Å². The van der Waals surface area contributed by atoms with Crippen LogP contribution in [0.4, 0.5) is 15.0 Å². The van der Waals surface area contributed by atoms with Crippen molar-refractivity contribution in [1.29, 1.82) is 0 Å². The summed E-state index contributed by atoms with van der Waals surface area (Å²) in [6.45, 7) is 11.1. The van der Waals surface area contributed by atoms with E-state index in [1.54, 1.807) is 32.0 Å². The molecule has 0 bridgehead atoms. The van der Waals surface area contributed by atoms with E-state index in [0.717, 1.165) is 16.1 Å². The normalized spacial score (nSPS) is 13.7. The van der Waals surface area contributed by atoms with Gasteiger partial charge in [0.25, 0.3) is 5.91 Å². The van der Waals surface area contributed by atoms with E-state index < -0.39 is 45.0 Å². The van der Waals surface area contributed by atoms with E-state index in [1.165, 1.54) is 18.2 Å². The largest absolute Gasteiger partial charge is 0.440 e. The lowest BCUT2D eigenvalue weighted by Gasteiger charge is -2.31. The van der Waals surface area contributed by atoms with E-state index in [-0.39, 0.29) is 31.3 Å². The maximum Gasteiger partial charge on any atom is 0.408 e. The molecule has 0 radical (unpaired) electrons. The fourth-order valence-electron chi connectivity index (χ4n) is 4.74. The van der Waals surface area contributed by atoms with E-state index in [9.17, 15) is 22.4 Å². The van der Waals surface area contributed by atoms with Gasteiger partial charge in [-0.1, -0.05) is 49.4 Å². The number of aromatic nitrogens is 1. The smallest absolute Gasteiger partial charge is 0.408 e. The summed E-state index contributed by atoms with van der Waals surface area (Å²) in [6.07, 6.45) is 1.39. The lowest BCUT2D eigenvalue weighted by atomic mass is 9.97. The van der Waals surface area contributed by atoms with Gasteiger partial charge in [-0.2, -0.15) is 0 Å². The van der Waals surface area contributed by atoms with Gasteiger partial charge in [0.2, 0.25) is 10.0 Å². The molecule has 0 aliphatic rings. The van der Waals surface area contributed by atoms with Gasteiger partial charge in [0.1, 0.15) is 22.9 Å². The lowest BCUT2D eigenvalue weighted by Crippen LogP contribution is -2.47. The first-order valence-corrected chi connectivity index (χ1v) is 17.0. The van der Waals surface area contributed by atoms with Crippen molar-refractivity contribution in [3.05, 3.63) is 94.9 Å². The van der Waals surface area contributed by atoms with E-state index in [1.807, 2.05) is 58.0 Å². The number of halogens is 1. The first-order valence-electron chi connectivity index (χ1n) is 15.2. The number of ether oxygens (including phenoxy) is 2. The first kappa shape index (κ1) is 36.4. The molecule has 2 unspecified atom stereocenters. The molecule has 0 aliphatic carbocycles. The van der Waals surface area contributed by atoms with Crippen molar-refractivity contribution >= 4 is 27.8 Å². The summed E-state index contributed by atoms with van der Waals surface area (Å²) in [6, 6.07) is 18.0. The van der Waals surface area contributed by atoms with Crippen LogP contribution in [0, 0.1) is 5.82 Å². The maximum atomic E-state index is 13.4. The second-order valence-corrected chi connectivity index (χ2v) is 14.6. The molecule has 0 fully saturated rings. The van der Waals surface area contributed by atoms with Crippen molar-refractivity contribution in [3.8, 4) is 0 Å². The van der Waals surface area contributed by atoms with Crippen molar-refractivity contribution in [2.75, 3.05) is 23.7 Å². The summed E-state index contributed by atoms with van der Waals surface area (Å²) in [7, 11) is -3.72. The number of carbonyl (C=O) groups excluding carboxylic acids is 2. The third-order valence-corrected chi connectivity index (χ3v) is 7.99. The lowest BCUT2D eigenvalue weighted by molar-refractivity contribution is -0.0505. The van der Waals surface area contributed by atoms with Crippen molar-refractivity contribution < 1.29 is 31.9 Å². The Morgan fingerprint density at radius 1 is 1.00 bits per heavy atom. The molecule has 0 spiro atoms. The van der Waals surface area contributed by atoms with Gasteiger partial charge in [-0.05, 0) is 82.0 Å². The fraction of sp³-hybridized carbons (Fsp3) is 0.441. The van der Waals surface area contributed by atoms with Crippen molar-refractivity contribution in [2.45, 2.75) is 78.2 Å². The minimum absolute atomic E-state index is 0.00495. The van der Waals surface area contributed by atoms with Crippen LogP contribution in [0.2, 0.25) is 0 Å². The Kier molecular flexibility index (Phi) is 12.3. The van der Waals surface area contributed by atoms with E-state index in [4.69, 9.17) is 9.47 Å². The van der Waals surface area contributed by atoms with Crippen LogP contribution in [0.1, 0.15) is 81.2 Å². The predicted octanol–water partition coefficient (Wildman–Crippen LogP) is 5.93. The number of hydrogen-bond acceptors (Lipinski definition) is 7. The molecule has 2 N–H and O–H groups in total. The Balaban J connectivity index is 1.89. The van der Waals surface area contributed by atoms with Crippen LogP contribution in [-0.2, 0) is 32.5 Å². The molecule has 2 atom stereocenters. The van der Waals surface area contributed by atoms with Crippen LogP contribution in [0.5, 0.6) is 0 Å². The highest BCUT2D eigenvalue weighted by molar-refractivity contribution is 7.92. The van der Waals surface area contributed by atoms with Gasteiger partial charge < -0.3 is 20.1 Å². The Morgan fingerprint density at radius 2 is 1.65 bits per heavy atom. The fourth-order valence-corrected chi connectivity index (χ4v) is 5.69. The zero-order chi connectivity index (χ0) is 34.1. The summed E-state index contributed by atoms with van der Waals surface area (Å²) in [5.74, 6) is -0.850. The maximum absolute atomic E-state index is 13.4. The molecule has 2 amide bonds. The van der Waals surface area contributed by atoms with E-state index in [0.29, 0.717) is 24.0 Å². The number of hydrogen-bond donors (Lipinski definition) is 2. The zero-order valence-electron chi connectivity index (χ0n) is 27.6. The molecule has 3 aromatic rings. The van der Waals surface area contributed by atoms with Gasteiger partial charge in [-0.25, -0.2) is 22.6 Å². The number of alkyl carbamates (subject to hydrolysis) is 1. The molecule has 250 valence electrons. The third-order valence-electron chi connectivity index (χ3n) is 6.82. The summed E-state index contributed by atoms with van der Waals surface area (Å²) in [4.78, 5) is 30.6. The molecular weight excluding hydrogens is 611 g/mol. The third kappa shape index (κ3) is 11.4. The molecule has 46 heavy (non-hydrogen) atoms. The Morgan fingerprint density at radius 3 is 2.24 bits per heavy atom. The average molecular weight is 657 g/mol. The van der Waals surface area contributed by atoms with Gasteiger partial charge in [-0.3, -0.25) is 9.10 Å². The number of amides is 2. The molecule has 10 nitrogen and oxygen atoms in total. The van der Waals surface area contributed by atoms with Gasteiger partial charge in [0.15, 0.2) is 0 Å². The molecule has 0 saturated heterocycles. The minimum Gasteiger partial charge on any atom is -0.440 e. The highest BCUT2D eigenvalue weighted by atomic mass is 32.2. The number of nitrogens with zero attached hydrogens (tertiary/aromatic N) is 2. The number of sulfonamides is 1. The first-order chi connectivity index (χ1) is 21.5. The number of anilines is 1. The molecule has 1 aromatic heterocycles. The molecular formula is C34H45FN4O6S. The molecule has 1 heterocycles. The van der Waals surface area contributed by atoms with Crippen LogP contribution < -0.4 is 14.9 Å². The van der Waals surface area contributed by atoms with Gasteiger partial charge >= 0.3 is 6.09 Å². The van der Waals surface area contributed by atoms with Crippen molar-refractivity contribution in [1.82, 2.24) is 15.6 Å². The number of rotatable bonds is 14. The second kappa shape index (κ2) is 15.5. The average Bonchev–Trinajstić information content (AvgIpc) is 2.94. The van der Waals surface area contributed by atoms with Crippen molar-refractivity contribution in [3.63, 3.8) is 0 Å². The quantitative estimate of drug-likeness (QED) is 0.220. The van der Waals surface area contributed by atoms with E-state index in [2.05, 4.69) is 15.6 Å². The highest BCUT2D eigenvalue weighted by Gasteiger charge is 2.31. The number of nitrogens with one attached hydrogen (secondary N) is 2. The molecule has 0 saturated carbocycles. The summed E-state index contributed by atoms with van der Waals surface area (Å²) in [5.41, 5.74) is 0.553. The predicted molar refractivity (Wildman–Crippen MR) is 177 cm³/mol. The number of benzene rings is 2. The minimum atomic E-state index is -3.72. The van der Waals surface area contributed by atoms with Crippen molar-refractivity contribution in [2.24, 2.45) is 0 Å². The molecule has 3 rings (SSSR count). The molecule has 0 aliphatic heterocycles. The van der Waals surface area contributed by atoms with Gasteiger partial charge in [0, 0.05) is 18.5 Å². The van der Waals surface area contributed by atoms with E-state index >= 15 is 0 Å². The molecule has 2 aromatic carbocycles.